The van der Waals surface area contributed by atoms with E-state index < -0.39 is 6.10 Å². The Bertz CT molecular complexity index is 342. The van der Waals surface area contributed by atoms with Gasteiger partial charge in [0.1, 0.15) is 6.10 Å². The van der Waals surface area contributed by atoms with Crippen molar-refractivity contribution in [2.24, 2.45) is 0 Å². The normalized spacial score (nSPS) is 22.7. The maximum absolute atomic E-state index is 10.2. The van der Waals surface area contributed by atoms with Crippen LogP contribution >= 0.6 is 11.8 Å². The molecule has 1 heterocycles. The van der Waals surface area contributed by atoms with Gasteiger partial charge in [0, 0.05) is 11.5 Å². The van der Waals surface area contributed by atoms with E-state index in [4.69, 9.17) is 4.74 Å². The number of aliphatic hydroxyl groups excluding tert-OH is 1. The Kier molecular flexibility index (Phi) is 4.48. The van der Waals surface area contributed by atoms with Gasteiger partial charge in [-0.2, -0.15) is 11.8 Å². The smallest absolute Gasteiger partial charge is 0.106 e. The van der Waals surface area contributed by atoms with Crippen LogP contribution in [0.15, 0.2) is 24.3 Å². The first-order valence-corrected chi connectivity index (χ1v) is 7.31. The van der Waals surface area contributed by atoms with E-state index in [-0.39, 0.29) is 6.10 Å². The molecule has 1 fully saturated rings. The molecule has 94 valence electrons. The zero-order chi connectivity index (χ0) is 12.3. The van der Waals surface area contributed by atoms with E-state index in [0.717, 1.165) is 23.7 Å². The summed E-state index contributed by atoms with van der Waals surface area (Å²) >= 11 is 1.85. The van der Waals surface area contributed by atoms with Crippen molar-refractivity contribution in [3.63, 3.8) is 0 Å². The zero-order valence-corrected chi connectivity index (χ0v) is 11.2. The Morgan fingerprint density at radius 1 is 1.24 bits per heavy atom. The van der Waals surface area contributed by atoms with Crippen LogP contribution in [0.1, 0.15) is 37.0 Å². The van der Waals surface area contributed by atoms with Crippen molar-refractivity contribution >= 4 is 11.8 Å². The molecule has 1 aliphatic heterocycles. The van der Waals surface area contributed by atoms with Crippen molar-refractivity contribution in [1.29, 1.82) is 0 Å². The van der Waals surface area contributed by atoms with E-state index in [9.17, 15) is 5.11 Å². The van der Waals surface area contributed by atoms with E-state index in [0.29, 0.717) is 5.92 Å². The van der Waals surface area contributed by atoms with Crippen molar-refractivity contribution in [3.8, 4) is 0 Å². The molecule has 1 saturated heterocycles. The quantitative estimate of drug-likeness (QED) is 0.897. The maximum atomic E-state index is 10.2. The Labute approximate surface area is 107 Å². The molecular formula is C14H20O2S. The van der Waals surface area contributed by atoms with Crippen LogP contribution in [0.4, 0.5) is 0 Å². The van der Waals surface area contributed by atoms with Crippen LogP contribution in [0.3, 0.4) is 0 Å². The molecule has 0 aliphatic carbocycles. The van der Waals surface area contributed by atoms with Gasteiger partial charge in [-0.25, -0.2) is 0 Å². The first-order valence-electron chi connectivity index (χ1n) is 6.15. The average Bonchev–Trinajstić information content (AvgIpc) is 2.39. The minimum atomic E-state index is -0.496. The molecule has 0 radical (unpaired) electrons. The molecule has 0 aromatic heterocycles. The summed E-state index contributed by atoms with van der Waals surface area (Å²) in [5.74, 6) is 2.45. The fourth-order valence-electron chi connectivity index (χ4n) is 1.98. The molecule has 1 aliphatic rings. The molecule has 2 nitrogen and oxygen atoms in total. The molecule has 3 heteroatoms. The molecule has 0 saturated carbocycles. The molecule has 2 rings (SSSR count). The third kappa shape index (κ3) is 3.24. The van der Waals surface area contributed by atoms with Crippen LogP contribution in [-0.2, 0) is 4.74 Å². The van der Waals surface area contributed by atoms with Crippen molar-refractivity contribution < 1.29 is 9.84 Å². The highest BCUT2D eigenvalue weighted by Crippen LogP contribution is 2.26. The van der Waals surface area contributed by atoms with Gasteiger partial charge in [0.15, 0.2) is 0 Å². The highest BCUT2D eigenvalue weighted by Gasteiger charge is 2.24. The van der Waals surface area contributed by atoms with Crippen LogP contribution in [0.2, 0.25) is 0 Å². The van der Waals surface area contributed by atoms with Crippen LogP contribution in [0, 0.1) is 0 Å². The summed E-state index contributed by atoms with van der Waals surface area (Å²) in [6, 6.07) is 8.23. The highest BCUT2D eigenvalue weighted by atomic mass is 32.2. The Balaban J connectivity index is 2.05. The first kappa shape index (κ1) is 12.9. The molecule has 0 bridgehead atoms. The number of ether oxygens (including phenoxy) is 1. The lowest BCUT2D eigenvalue weighted by Crippen LogP contribution is -2.29. The van der Waals surface area contributed by atoms with Gasteiger partial charge in [0.2, 0.25) is 0 Å². The topological polar surface area (TPSA) is 29.5 Å². The standard InChI is InChI=1S/C14H20O2S/c1-10(2)11-3-5-12(6-4-11)14(15)13-9-17-8-7-16-13/h3-6,10,13-15H,7-9H2,1-2H3. The summed E-state index contributed by atoms with van der Waals surface area (Å²) in [5, 5.41) is 10.2. The van der Waals surface area contributed by atoms with Crippen molar-refractivity contribution in [1.82, 2.24) is 0 Å². The lowest BCUT2D eigenvalue weighted by atomic mass is 9.98. The van der Waals surface area contributed by atoms with Gasteiger partial charge in [0.25, 0.3) is 0 Å². The van der Waals surface area contributed by atoms with Gasteiger partial charge >= 0.3 is 0 Å². The largest absolute Gasteiger partial charge is 0.386 e. The minimum Gasteiger partial charge on any atom is -0.386 e. The molecule has 0 amide bonds. The fourth-order valence-corrected chi connectivity index (χ4v) is 2.87. The van der Waals surface area contributed by atoms with Gasteiger partial charge in [0.05, 0.1) is 12.7 Å². The molecular weight excluding hydrogens is 232 g/mol. The van der Waals surface area contributed by atoms with Gasteiger partial charge in [-0.05, 0) is 17.0 Å². The number of rotatable bonds is 3. The van der Waals surface area contributed by atoms with E-state index in [1.165, 1.54) is 5.56 Å². The van der Waals surface area contributed by atoms with Crippen molar-refractivity contribution in [2.45, 2.75) is 32.0 Å². The summed E-state index contributed by atoms with van der Waals surface area (Å²) in [6.45, 7) is 5.09. The second kappa shape index (κ2) is 5.89. The molecule has 0 spiro atoms. The van der Waals surface area contributed by atoms with Crippen LogP contribution in [-0.4, -0.2) is 29.3 Å². The number of benzene rings is 1. The van der Waals surface area contributed by atoms with Crippen LogP contribution in [0.25, 0.3) is 0 Å². The molecule has 17 heavy (non-hydrogen) atoms. The Morgan fingerprint density at radius 2 is 1.88 bits per heavy atom. The summed E-state index contributed by atoms with van der Waals surface area (Å²) in [6.07, 6.45) is -0.553. The number of aliphatic hydroxyl groups is 1. The van der Waals surface area contributed by atoms with Gasteiger partial charge in [-0.15, -0.1) is 0 Å². The number of hydrogen-bond acceptors (Lipinski definition) is 3. The predicted octanol–water partition coefficient (Wildman–Crippen LogP) is 2.98. The molecule has 1 N–H and O–H groups in total. The Morgan fingerprint density at radius 3 is 2.41 bits per heavy atom. The summed E-state index contributed by atoms with van der Waals surface area (Å²) in [5.41, 5.74) is 2.27. The summed E-state index contributed by atoms with van der Waals surface area (Å²) < 4.78 is 5.60. The SMILES string of the molecule is CC(C)c1ccc(C(O)C2CSCCO2)cc1. The lowest BCUT2D eigenvalue weighted by Gasteiger charge is -2.27. The van der Waals surface area contributed by atoms with E-state index in [1.54, 1.807) is 0 Å². The minimum absolute atomic E-state index is 0.0568. The second-order valence-electron chi connectivity index (χ2n) is 4.75. The zero-order valence-electron chi connectivity index (χ0n) is 10.4. The average molecular weight is 252 g/mol. The maximum Gasteiger partial charge on any atom is 0.106 e. The molecule has 1 aromatic rings. The van der Waals surface area contributed by atoms with Gasteiger partial charge in [-0.3, -0.25) is 0 Å². The number of hydrogen-bond donors (Lipinski definition) is 1. The van der Waals surface area contributed by atoms with Gasteiger partial charge in [-0.1, -0.05) is 38.1 Å². The van der Waals surface area contributed by atoms with Crippen LogP contribution in [0.5, 0.6) is 0 Å². The molecule has 2 atom stereocenters. The summed E-state index contributed by atoms with van der Waals surface area (Å²) in [7, 11) is 0. The lowest BCUT2D eigenvalue weighted by molar-refractivity contribution is -0.0227. The van der Waals surface area contributed by atoms with Crippen molar-refractivity contribution in [2.75, 3.05) is 18.1 Å². The van der Waals surface area contributed by atoms with E-state index in [1.807, 2.05) is 23.9 Å². The predicted molar refractivity (Wildman–Crippen MR) is 72.6 cm³/mol. The molecule has 2 unspecified atom stereocenters. The van der Waals surface area contributed by atoms with Crippen molar-refractivity contribution in [3.05, 3.63) is 35.4 Å². The third-order valence-electron chi connectivity index (χ3n) is 3.14. The monoisotopic (exact) mass is 252 g/mol. The molecule has 1 aromatic carbocycles. The van der Waals surface area contributed by atoms with Crippen LogP contribution < -0.4 is 0 Å². The van der Waals surface area contributed by atoms with E-state index in [2.05, 4.69) is 26.0 Å². The van der Waals surface area contributed by atoms with E-state index >= 15 is 0 Å². The summed E-state index contributed by atoms with van der Waals surface area (Å²) in [4.78, 5) is 0. The number of thioether (sulfide) groups is 1. The first-order chi connectivity index (χ1) is 8.18. The highest BCUT2D eigenvalue weighted by molar-refractivity contribution is 7.99. The Hall–Kier alpha value is -0.510. The third-order valence-corrected chi connectivity index (χ3v) is 4.16. The second-order valence-corrected chi connectivity index (χ2v) is 5.90. The van der Waals surface area contributed by atoms with Gasteiger partial charge < -0.3 is 9.84 Å². The fraction of sp³-hybridized carbons (Fsp3) is 0.571.